The minimum absolute atomic E-state index is 0.253. The number of likely N-dealkylation sites (N-methyl/N-ethyl adjacent to an activating group) is 1. The molecule has 0 aliphatic carbocycles. The number of nitrogens with zero attached hydrogens (tertiary/aromatic N) is 1. The smallest absolute Gasteiger partial charge is 0.354 e. The van der Waals surface area contributed by atoms with Crippen molar-refractivity contribution in [1.82, 2.24) is 4.90 Å². The SMILES string of the molecule is COC(=O)/C1=C(/C(=O)OC)N(C)CCc2ccccc2/C=C/C1. The van der Waals surface area contributed by atoms with E-state index in [1.807, 2.05) is 30.4 Å². The average Bonchev–Trinajstić information content (AvgIpc) is 2.58. The number of ether oxygens (including phenoxy) is 2. The summed E-state index contributed by atoms with van der Waals surface area (Å²) in [5, 5.41) is 0. The van der Waals surface area contributed by atoms with Crippen molar-refractivity contribution >= 4 is 18.0 Å². The van der Waals surface area contributed by atoms with Crippen LogP contribution in [0, 0.1) is 0 Å². The molecule has 0 atom stereocenters. The summed E-state index contributed by atoms with van der Waals surface area (Å²) in [6.45, 7) is 0.593. The highest BCUT2D eigenvalue weighted by molar-refractivity contribution is 6.00. The molecule has 1 aliphatic rings. The van der Waals surface area contributed by atoms with E-state index in [1.165, 1.54) is 19.8 Å². The van der Waals surface area contributed by atoms with Gasteiger partial charge in [-0.25, -0.2) is 9.59 Å². The number of methoxy groups -OCH3 is 2. The van der Waals surface area contributed by atoms with Gasteiger partial charge in [0, 0.05) is 20.0 Å². The lowest BCUT2D eigenvalue weighted by molar-refractivity contribution is -0.140. The van der Waals surface area contributed by atoms with Crippen LogP contribution in [0.5, 0.6) is 0 Å². The summed E-state index contributed by atoms with van der Waals surface area (Å²) < 4.78 is 9.69. The second-order valence-electron chi connectivity index (χ2n) is 5.29. The van der Waals surface area contributed by atoms with Gasteiger partial charge >= 0.3 is 11.9 Å². The first-order valence-electron chi connectivity index (χ1n) is 7.43. The van der Waals surface area contributed by atoms with E-state index < -0.39 is 11.9 Å². The van der Waals surface area contributed by atoms with Crippen molar-refractivity contribution < 1.29 is 19.1 Å². The lowest BCUT2D eigenvalue weighted by Crippen LogP contribution is -2.30. The van der Waals surface area contributed by atoms with E-state index in [1.54, 1.807) is 11.9 Å². The molecule has 1 heterocycles. The van der Waals surface area contributed by atoms with Crippen LogP contribution in [-0.4, -0.2) is 44.7 Å². The van der Waals surface area contributed by atoms with E-state index >= 15 is 0 Å². The third-order valence-electron chi connectivity index (χ3n) is 3.87. The third kappa shape index (κ3) is 3.80. The van der Waals surface area contributed by atoms with Crippen molar-refractivity contribution in [2.75, 3.05) is 27.8 Å². The Morgan fingerprint density at radius 3 is 2.48 bits per heavy atom. The molecule has 1 aliphatic heterocycles. The van der Waals surface area contributed by atoms with Crippen molar-refractivity contribution in [2.24, 2.45) is 0 Å². The molecule has 23 heavy (non-hydrogen) atoms. The number of carbonyl (C=O) groups excluding carboxylic acids is 2. The first-order valence-corrected chi connectivity index (χ1v) is 7.43. The molecule has 1 aromatic carbocycles. The Balaban J connectivity index is 2.49. The first-order chi connectivity index (χ1) is 11.1. The Hall–Kier alpha value is -2.56. The number of hydrogen-bond donors (Lipinski definition) is 0. The summed E-state index contributed by atoms with van der Waals surface area (Å²) in [5.74, 6) is -1.05. The van der Waals surface area contributed by atoms with Gasteiger partial charge in [0.2, 0.25) is 0 Å². The van der Waals surface area contributed by atoms with Crippen molar-refractivity contribution in [2.45, 2.75) is 12.8 Å². The van der Waals surface area contributed by atoms with Crippen molar-refractivity contribution in [1.29, 1.82) is 0 Å². The molecule has 0 spiro atoms. The van der Waals surface area contributed by atoms with Crippen LogP contribution in [0.3, 0.4) is 0 Å². The molecule has 0 N–H and O–H groups in total. The summed E-state index contributed by atoms with van der Waals surface area (Å²) in [4.78, 5) is 26.0. The van der Waals surface area contributed by atoms with E-state index in [2.05, 4.69) is 6.07 Å². The topological polar surface area (TPSA) is 55.8 Å². The van der Waals surface area contributed by atoms with Gasteiger partial charge in [-0.05, 0) is 17.5 Å². The number of esters is 2. The highest BCUT2D eigenvalue weighted by Gasteiger charge is 2.25. The van der Waals surface area contributed by atoms with E-state index in [-0.39, 0.29) is 5.70 Å². The Kier molecular flexibility index (Phi) is 5.57. The zero-order valence-corrected chi connectivity index (χ0v) is 13.7. The molecule has 122 valence electrons. The number of benzene rings is 1. The van der Waals surface area contributed by atoms with E-state index in [0.29, 0.717) is 18.5 Å². The average molecular weight is 315 g/mol. The molecular formula is C18H21NO4. The maximum atomic E-state index is 12.2. The van der Waals surface area contributed by atoms with E-state index in [4.69, 9.17) is 9.47 Å². The largest absolute Gasteiger partial charge is 0.466 e. The first kappa shape index (κ1) is 16.8. The fourth-order valence-electron chi connectivity index (χ4n) is 2.63. The molecule has 0 radical (unpaired) electrons. The van der Waals surface area contributed by atoms with Gasteiger partial charge in [0.15, 0.2) is 0 Å². The van der Waals surface area contributed by atoms with Gasteiger partial charge < -0.3 is 14.4 Å². The Morgan fingerprint density at radius 1 is 1.09 bits per heavy atom. The summed E-state index contributed by atoms with van der Waals surface area (Å²) in [6, 6.07) is 8.08. The summed E-state index contributed by atoms with van der Waals surface area (Å²) in [7, 11) is 4.40. The van der Waals surface area contributed by atoms with Crippen LogP contribution in [0.2, 0.25) is 0 Å². The molecular weight excluding hydrogens is 294 g/mol. The molecule has 0 fully saturated rings. The summed E-state index contributed by atoms with van der Waals surface area (Å²) in [5.41, 5.74) is 2.87. The van der Waals surface area contributed by atoms with Gasteiger partial charge in [0.05, 0.1) is 19.8 Å². The minimum atomic E-state index is -0.532. The summed E-state index contributed by atoms with van der Waals surface area (Å²) >= 11 is 0. The molecule has 5 nitrogen and oxygen atoms in total. The second-order valence-corrected chi connectivity index (χ2v) is 5.29. The molecule has 0 bridgehead atoms. The molecule has 0 amide bonds. The van der Waals surface area contributed by atoms with Gasteiger partial charge in [-0.3, -0.25) is 0 Å². The molecule has 2 rings (SSSR count). The van der Waals surface area contributed by atoms with Crippen molar-refractivity contribution in [3.05, 3.63) is 52.7 Å². The van der Waals surface area contributed by atoms with Crippen LogP contribution in [0.1, 0.15) is 17.5 Å². The fraction of sp³-hybridized carbons (Fsp3) is 0.333. The number of rotatable bonds is 2. The highest BCUT2D eigenvalue weighted by atomic mass is 16.5. The third-order valence-corrected chi connectivity index (χ3v) is 3.87. The lowest BCUT2D eigenvalue weighted by atomic mass is 10.0. The van der Waals surface area contributed by atoms with Crippen LogP contribution in [0.15, 0.2) is 41.6 Å². The number of fused-ring (bicyclic) bond motifs is 1. The highest BCUT2D eigenvalue weighted by Crippen LogP contribution is 2.21. The zero-order chi connectivity index (χ0) is 16.8. The number of carbonyl (C=O) groups is 2. The summed E-state index contributed by atoms with van der Waals surface area (Å²) in [6.07, 6.45) is 4.90. The van der Waals surface area contributed by atoms with Crippen LogP contribution in [-0.2, 0) is 25.5 Å². The van der Waals surface area contributed by atoms with Crippen LogP contribution in [0.25, 0.3) is 6.08 Å². The van der Waals surface area contributed by atoms with Gasteiger partial charge in [-0.15, -0.1) is 0 Å². The standard InChI is InChI=1S/C18H21NO4/c1-19-12-11-14-8-5-4-7-13(14)9-6-10-15(17(20)22-2)16(19)18(21)23-3/h4-9H,10-12H2,1-3H3/b9-6+,16-15-. The van der Waals surface area contributed by atoms with E-state index in [0.717, 1.165) is 12.0 Å². The Labute approximate surface area is 136 Å². The van der Waals surface area contributed by atoms with Gasteiger partial charge in [-0.1, -0.05) is 36.4 Å². The molecule has 5 heteroatoms. The Bertz CT molecular complexity index is 661. The molecule has 0 saturated heterocycles. The second kappa shape index (κ2) is 7.63. The maximum Gasteiger partial charge on any atom is 0.354 e. The minimum Gasteiger partial charge on any atom is -0.466 e. The zero-order valence-electron chi connectivity index (χ0n) is 13.7. The predicted molar refractivity (Wildman–Crippen MR) is 87.5 cm³/mol. The van der Waals surface area contributed by atoms with Crippen LogP contribution >= 0.6 is 0 Å². The fourth-order valence-corrected chi connectivity index (χ4v) is 2.63. The normalized spacial score (nSPS) is 19.5. The quantitative estimate of drug-likeness (QED) is 0.783. The van der Waals surface area contributed by atoms with Gasteiger partial charge in [-0.2, -0.15) is 0 Å². The lowest BCUT2D eigenvalue weighted by Gasteiger charge is -2.24. The molecule has 0 aromatic heterocycles. The van der Waals surface area contributed by atoms with E-state index in [9.17, 15) is 9.59 Å². The maximum absolute atomic E-state index is 12.2. The molecule has 0 unspecified atom stereocenters. The van der Waals surface area contributed by atoms with Crippen molar-refractivity contribution in [3.8, 4) is 0 Å². The van der Waals surface area contributed by atoms with Gasteiger partial charge in [0.1, 0.15) is 5.70 Å². The Morgan fingerprint density at radius 2 is 1.78 bits per heavy atom. The molecule has 0 saturated carbocycles. The monoisotopic (exact) mass is 315 g/mol. The predicted octanol–water partition coefficient (Wildman–Crippen LogP) is 2.18. The number of hydrogen-bond acceptors (Lipinski definition) is 5. The number of allylic oxidation sites excluding steroid dienone is 1. The van der Waals surface area contributed by atoms with Crippen molar-refractivity contribution in [3.63, 3.8) is 0 Å². The van der Waals surface area contributed by atoms with Gasteiger partial charge in [0.25, 0.3) is 0 Å². The molecule has 1 aromatic rings. The van der Waals surface area contributed by atoms with Crippen LogP contribution < -0.4 is 0 Å². The van der Waals surface area contributed by atoms with Crippen LogP contribution in [0.4, 0.5) is 0 Å².